The third-order valence-electron chi connectivity index (χ3n) is 2.31. The maximum atomic E-state index is 7.58. The van der Waals surface area contributed by atoms with Gasteiger partial charge >= 0.3 is 0 Å². The van der Waals surface area contributed by atoms with E-state index in [1.165, 1.54) is 0 Å². The summed E-state index contributed by atoms with van der Waals surface area (Å²) in [7, 11) is 0. The normalized spacial score (nSPS) is 19.9. The second-order valence-electron chi connectivity index (χ2n) is 3.56. The first-order chi connectivity index (χ1) is 7.25. The SMILES string of the molecule is CC1C=C(Oc2ccccc2)C=CC1=N. The first kappa shape index (κ1) is 9.71. The molecule has 2 rings (SSSR count). The molecule has 0 amide bonds. The van der Waals surface area contributed by atoms with Crippen molar-refractivity contribution in [1.29, 1.82) is 5.41 Å². The molecule has 0 spiro atoms. The van der Waals surface area contributed by atoms with Gasteiger partial charge in [0.25, 0.3) is 0 Å². The molecule has 15 heavy (non-hydrogen) atoms. The highest BCUT2D eigenvalue weighted by atomic mass is 16.5. The molecule has 0 radical (unpaired) electrons. The zero-order valence-electron chi connectivity index (χ0n) is 8.60. The van der Waals surface area contributed by atoms with Crippen molar-refractivity contribution in [3.63, 3.8) is 0 Å². The number of ether oxygens (including phenoxy) is 1. The van der Waals surface area contributed by atoms with Crippen molar-refractivity contribution in [1.82, 2.24) is 0 Å². The fourth-order valence-corrected chi connectivity index (χ4v) is 1.41. The van der Waals surface area contributed by atoms with E-state index < -0.39 is 0 Å². The van der Waals surface area contributed by atoms with Gasteiger partial charge in [0, 0.05) is 11.6 Å². The minimum absolute atomic E-state index is 0.133. The Bertz CT molecular complexity index is 417. The predicted octanol–water partition coefficient (Wildman–Crippen LogP) is 3.17. The van der Waals surface area contributed by atoms with Gasteiger partial charge in [-0.3, -0.25) is 0 Å². The molecule has 0 heterocycles. The lowest BCUT2D eigenvalue weighted by atomic mass is 10.0. The molecule has 1 unspecified atom stereocenters. The molecule has 2 heteroatoms. The van der Waals surface area contributed by atoms with Crippen LogP contribution >= 0.6 is 0 Å². The van der Waals surface area contributed by atoms with Crippen molar-refractivity contribution in [2.75, 3.05) is 0 Å². The number of para-hydroxylation sites is 1. The van der Waals surface area contributed by atoms with E-state index in [1.54, 1.807) is 6.08 Å². The lowest BCUT2D eigenvalue weighted by Crippen LogP contribution is -2.10. The molecule has 1 aliphatic carbocycles. The third kappa shape index (κ3) is 2.34. The van der Waals surface area contributed by atoms with Crippen molar-refractivity contribution in [3.05, 3.63) is 54.3 Å². The summed E-state index contributed by atoms with van der Waals surface area (Å²) < 4.78 is 5.65. The number of hydrogen-bond donors (Lipinski definition) is 1. The fraction of sp³-hybridized carbons (Fsp3) is 0.154. The molecule has 0 saturated carbocycles. The van der Waals surface area contributed by atoms with Crippen molar-refractivity contribution in [2.45, 2.75) is 6.92 Å². The number of hydrogen-bond acceptors (Lipinski definition) is 2. The molecule has 1 N–H and O–H groups in total. The third-order valence-corrected chi connectivity index (χ3v) is 2.31. The highest BCUT2D eigenvalue weighted by Crippen LogP contribution is 2.18. The van der Waals surface area contributed by atoms with E-state index in [0.29, 0.717) is 5.71 Å². The quantitative estimate of drug-likeness (QED) is 0.779. The number of rotatable bonds is 2. The number of nitrogens with one attached hydrogen (secondary N) is 1. The van der Waals surface area contributed by atoms with Crippen molar-refractivity contribution in [3.8, 4) is 5.75 Å². The number of benzene rings is 1. The first-order valence-corrected chi connectivity index (χ1v) is 4.97. The van der Waals surface area contributed by atoms with Crippen LogP contribution in [0.3, 0.4) is 0 Å². The van der Waals surface area contributed by atoms with Gasteiger partial charge in [-0.05, 0) is 30.4 Å². The average Bonchev–Trinajstić information content (AvgIpc) is 2.25. The minimum Gasteiger partial charge on any atom is -0.458 e. The Balaban J connectivity index is 2.12. The van der Waals surface area contributed by atoms with E-state index in [0.717, 1.165) is 11.5 Å². The molecule has 2 nitrogen and oxygen atoms in total. The number of allylic oxidation sites excluding steroid dienone is 3. The second kappa shape index (κ2) is 4.13. The van der Waals surface area contributed by atoms with Gasteiger partial charge in [0.15, 0.2) is 0 Å². The predicted molar refractivity (Wildman–Crippen MR) is 61.2 cm³/mol. The highest BCUT2D eigenvalue weighted by Gasteiger charge is 2.10. The maximum Gasteiger partial charge on any atom is 0.127 e. The van der Waals surface area contributed by atoms with Crippen molar-refractivity contribution < 1.29 is 4.74 Å². The van der Waals surface area contributed by atoms with Crippen molar-refractivity contribution >= 4 is 5.71 Å². The summed E-state index contributed by atoms with van der Waals surface area (Å²) in [6.45, 7) is 1.99. The Kier molecular flexibility index (Phi) is 2.68. The summed E-state index contributed by atoms with van der Waals surface area (Å²) in [5, 5.41) is 7.58. The van der Waals surface area contributed by atoms with E-state index >= 15 is 0 Å². The van der Waals surface area contributed by atoms with Gasteiger partial charge in [-0.25, -0.2) is 0 Å². The molecule has 76 valence electrons. The Morgan fingerprint density at radius 2 is 1.87 bits per heavy atom. The molecule has 1 aromatic carbocycles. The Morgan fingerprint density at radius 1 is 1.13 bits per heavy atom. The average molecular weight is 199 g/mol. The molecule has 1 aliphatic rings. The highest BCUT2D eigenvalue weighted by molar-refractivity contribution is 5.96. The van der Waals surface area contributed by atoms with Gasteiger partial charge in [-0.2, -0.15) is 0 Å². The lowest BCUT2D eigenvalue weighted by molar-refractivity contribution is 0.439. The Labute approximate surface area is 89.4 Å². The van der Waals surface area contributed by atoms with Crippen LogP contribution in [0.5, 0.6) is 5.75 Å². The van der Waals surface area contributed by atoms with Gasteiger partial charge in [0.1, 0.15) is 11.5 Å². The smallest absolute Gasteiger partial charge is 0.127 e. The van der Waals surface area contributed by atoms with Crippen LogP contribution in [-0.4, -0.2) is 5.71 Å². The van der Waals surface area contributed by atoms with E-state index in [4.69, 9.17) is 10.1 Å². The standard InChI is InChI=1S/C13H13NO/c1-10-9-12(7-8-13(10)14)15-11-5-3-2-4-6-11/h2-10,14H,1H3. The van der Waals surface area contributed by atoms with Crippen LogP contribution in [0.1, 0.15) is 6.92 Å². The molecule has 0 fully saturated rings. The molecule has 0 saturated heterocycles. The van der Waals surface area contributed by atoms with Gasteiger partial charge < -0.3 is 10.1 Å². The summed E-state index contributed by atoms with van der Waals surface area (Å²) in [6, 6.07) is 9.66. The fourth-order valence-electron chi connectivity index (χ4n) is 1.41. The van der Waals surface area contributed by atoms with E-state index in [9.17, 15) is 0 Å². The minimum atomic E-state index is 0.133. The molecule has 1 aromatic rings. The van der Waals surface area contributed by atoms with E-state index in [2.05, 4.69) is 0 Å². The summed E-state index contributed by atoms with van der Waals surface area (Å²) in [5.41, 5.74) is 0.621. The molecule has 0 aromatic heterocycles. The second-order valence-corrected chi connectivity index (χ2v) is 3.56. The summed E-state index contributed by atoms with van der Waals surface area (Å²) in [5.74, 6) is 1.77. The molecular formula is C13H13NO. The van der Waals surface area contributed by atoms with Crippen LogP contribution in [0.15, 0.2) is 54.3 Å². The summed E-state index contributed by atoms with van der Waals surface area (Å²) in [4.78, 5) is 0. The Hall–Kier alpha value is -1.83. The molecular weight excluding hydrogens is 186 g/mol. The lowest BCUT2D eigenvalue weighted by Gasteiger charge is -2.14. The van der Waals surface area contributed by atoms with E-state index in [-0.39, 0.29) is 5.92 Å². The molecule has 1 atom stereocenters. The van der Waals surface area contributed by atoms with Gasteiger partial charge in [0.05, 0.1) is 0 Å². The molecule has 0 aliphatic heterocycles. The van der Waals surface area contributed by atoms with Gasteiger partial charge in [-0.15, -0.1) is 0 Å². The van der Waals surface area contributed by atoms with Crippen LogP contribution in [0, 0.1) is 11.3 Å². The van der Waals surface area contributed by atoms with Crippen LogP contribution in [0.4, 0.5) is 0 Å². The summed E-state index contributed by atoms with van der Waals surface area (Å²) >= 11 is 0. The summed E-state index contributed by atoms with van der Waals surface area (Å²) in [6.07, 6.45) is 5.56. The monoisotopic (exact) mass is 199 g/mol. The van der Waals surface area contributed by atoms with Gasteiger partial charge in [0.2, 0.25) is 0 Å². The zero-order chi connectivity index (χ0) is 10.7. The van der Waals surface area contributed by atoms with E-state index in [1.807, 2.05) is 49.4 Å². The topological polar surface area (TPSA) is 33.1 Å². The largest absolute Gasteiger partial charge is 0.458 e. The van der Waals surface area contributed by atoms with Crippen LogP contribution < -0.4 is 4.74 Å². The molecule has 0 bridgehead atoms. The Morgan fingerprint density at radius 3 is 2.53 bits per heavy atom. The zero-order valence-corrected chi connectivity index (χ0v) is 8.60. The van der Waals surface area contributed by atoms with Crippen molar-refractivity contribution in [2.24, 2.45) is 5.92 Å². The maximum absolute atomic E-state index is 7.58. The first-order valence-electron chi connectivity index (χ1n) is 4.97. The van der Waals surface area contributed by atoms with Crippen LogP contribution in [0.25, 0.3) is 0 Å². The van der Waals surface area contributed by atoms with Crippen LogP contribution in [0.2, 0.25) is 0 Å². The van der Waals surface area contributed by atoms with Gasteiger partial charge in [-0.1, -0.05) is 25.1 Å². The van der Waals surface area contributed by atoms with Crippen LogP contribution in [-0.2, 0) is 0 Å².